The minimum Gasteiger partial charge on any atom is -0.726 e. The van der Waals surface area contributed by atoms with E-state index >= 15 is 0 Å². The number of nitrogens with one attached hydrogen (secondary N) is 1. The molecular formula is C15H24N6NaO7S-. The molecule has 1 aromatic heterocycles. The van der Waals surface area contributed by atoms with Crippen LogP contribution in [0, 0.1) is 0 Å². The van der Waals surface area contributed by atoms with Crippen molar-refractivity contribution >= 4 is 22.5 Å². The van der Waals surface area contributed by atoms with Gasteiger partial charge in [0.05, 0.1) is 12.7 Å². The molecular weight excluding hydrogens is 431 g/mol. The molecule has 0 spiro atoms. The van der Waals surface area contributed by atoms with E-state index in [1.54, 1.807) is 10.9 Å². The van der Waals surface area contributed by atoms with Gasteiger partial charge in [-0.2, -0.15) is 0 Å². The Hall–Kier alpha value is -1.45. The van der Waals surface area contributed by atoms with Crippen LogP contribution >= 0.6 is 0 Å². The van der Waals surface area contributed by atoms with E-state index in [-0.39, 0.29) is 54.2 Å². The van der Waals surface area contributed by atoms with Crippen molar-refractivity contribution in [2.75, 3.05) is 6.54 Å². The average molecular weight is 455 g/mol. The summed E-state index contributed by atoms with van der Waals surface area (Å²) < 4.78 is 39.7. The Morgan fingerprint density at radius 1 is 1.43 bits per heavy atom. The summed E-state index contributed by atoms with van der Waals surface area (Å²) >= 11 is 0. The number of carbonyl (C=O) groups excluding carboxylic acids is 2. The Kier molecular flexibility index (Phi) is 9.51. The molecule has 3 heterocycles. The summed E-state index contributed by atoms with van der Waals surface area (Å²) in [5.74, 6) is 0. The summed E-state index contributed by atoms with van der Waals surface area (Å²) in [6.07, 6.45) is 3.15. The van der Waals surface area contributed by atoms with Crippen LogP contribution < -0.4 is 34.9 Å². The zero-order valence-corrected chi connectivity index (χ0v) is 20.1. The van der Waals surface area contributed by atoms with Crippen molar-refractivity contribution in [2.24, 2.45) is 0 Å². The van der Waals surface area contributed by atoms with Crippen LogP contribution in [0.15, 0.2) is 6.20 Å². The number of nitrogens with zero attached hydrogens (tertiary/aromatic N) is 5. The molecule has 0 aromatic carbocycles. The van der Waals surface area contributed by atoms with Crippen LogP contribution in [0.4, 0.5) is 9.59 Å². The van der Waals surface area contributed by atoms with Gasteiger partial charge in [0.15, 0.2) is 6.03 Å². The first kappa shape index (κ1) is 26.6. The molecule has 2 N–H and O–H groups in total. The van der Waals surface area contributed by atoms with Gasteiger partial charge in [-0.05, 0) is 45.8 Å². The summed E-state index contributed by atoms with van der Waals surface area (Å²) in [6, 6.07) is 0.154. The van der Waals surface area contributed by atoms with Crippen LogP contribution in [0.3, 0.4) is 0 Å². The smallest absolute Gasteiger partial charge is 0.726 e. The van der Waals surface area contributed by atoms with Gasteiger partial charge in [-0.1, -0.05) is 11.6 Å². The molecule has 0 aliphatic carbocycles. The number of rotatable bonds is 4. The van der Waals surface area contributed by atoms with Crippen molar-refractivity contribution in [2.45, 2.75) is 64.4 Å². The number of hydrogen-bond acceptors (Lipinski definition) is 8. The first-order chi connectivity index (χ1) is 13.3. The molecule has 3 rings (SSSR count). The van der Waals surface area contributed by atoms with Crippen LogP contribution in [-0.2, 0) is 28.2 Å². The van der Waals surface area contributed by atoms with E-state index < -0.39 is 22.1 Å². The van der Waals surface area contributed by atoms with Gasteiger partial charge < -0.3 is 24.8 Å². The maximum Gasteiger partial charge on any atom is 1.00 e. The SMILES string of the molecule is CC(C)(C)OC(=O)NCc1cn(C[C@@H]2CC[C@@H]3CN2C(=O)[N-]3)nn1.O=S(=O)([O-])O.[Na+]. The first-order valence-corrected chi connectivity index (χ1v) is 10.2. The second kappa shape index (κ2) is 10.7. The third-order valence-corrected chi connectivity index (χ3v) is 4.02. The predicted octanol–water partition coefficient (Wildman–Crippen LogP) is -2.35. The van der Waals surface area contributed by atoms with Crippen LogP contribution in [0.2, 0.25) is 0 Å². The summed E-state index contributed by atoms with van der Waals surface area (Å²) in [6.45, 7) is 6.98. The van der Waals surface area contributed by atoms with Crippen molar-refractivity contribution in [1.82, 2.24) is 25.2 Å². The predicted molar refractivity (Wildman–Crippen MR) is 97.7 cm³/mol. The van der Waals surface area contributed by atoms with E-state index in [2.05, 4.69) is 20.9 Å². The molecule has 2 bridgehead atoms. The largest absolute Gasteiger partial charge is 1.00 e. The molecule has 1 aromatic rings. The number of aromatic nitrogens is 3. The minimum atomic E-state index is -4.92. The van der Waals surface area contributed by atoms with E-state index in [9.17, 15) is 9.59 Å². The van der Waals surface area contributed by atoms with Crippen molar-refractivity contribution in [3.8, 4) is 0 Å². The minimum absolute atomic E-state index is 0. The van der Waals surface area contributed by atoms with Gasteiger partial charge >= 0.3 is 35.7 Å². The summed E-state index contributed by atoms with van der Waals surface area (Å²) in [5.41, 5.74) is 0.111. The number of fused-ring (bicyclic) bond motifs is 2. The van der Waals surface area contributed by atoms with Gasteiger partial charge in [-0.15, -0.1) is 5.10 Å². The molecule has 15 heteroatoms. The van der Waals surface area contributed by atoms with E-state index in [0.717, 1.165) is 12.8 Å². The third kappa shape index (κ3) is 9.57. The third-order valence-electron chi connectivity index (χ3n) is 4.02. The number of carbonyl (C=O) groups is 2. The monoisotopic (exact) mass is 455 g/mol. The molecule has 2 aliphatic heterocycles. The van der Waals surface area contributed by atoms with Crippen molar-refractivity contribution in [1.29, 1.82) is 0 Å². The number of alkyl carbamates (subject to hydrolysis) is 1. The van der Waals surface area contributed by atoms with Gasteiger partial charge in [0, 0.05) is 6.54 Å². The topological polar surface area (TPSA) is 181 Å². The van der Waals surface area contributed by atoms with Crippen molar-refractivity contribution in [3.05, 3.63) is 17.2 Å². The zero-order chi connectivity index (χ0) is 21.8. The molecule has 0 radical (unpaired) electrons. The van der Waals surface area contributed by atoms with E-state index in [1.165, 1.54) is 0 Å². The average Bonchev–Trinajstić information content (AvgIpc) is 3.10. The zero-order valence-electron chi connectivity index (χ0n) is 17.3. The van der Waals surface area contributed by atoms with Gasteiger partial charge in [0.25, 0.3) is 0 Å². The van der Waals surface area contributed by atoms with Crippen molar-refractivity contribution < 1.29 is 61.4 Å². The molecule has 0 unspecified atom stereocenters. The van der Waals surface area contributed by atoms with Crippen molar-refractivity contribution in [3.63, 3.8) is 0 Å². The normalized spacial score (nSPS) is 20.4. The van der Waals surface area contributed by atoms with E-state index in [1.807, 2.05) is 25.7 Å². The molecule has 2 atom stereocenters. The summed E-state index contributed by atoms with van der Waals surface area (Å²) in [7, 11) is -4.92. The van der Waals surface area contributed by atoms with Crippen LogP contribution in [0.25, 0.3) is 5.32 Å². The fourth-order valence-electron chi connectivity index (χ4n) is 2.97. The maximum absolute atomic E-state index is 11.8. The maximum atomic E-state index is 11.8. The Labute approximate surface area is 196 Å². The molecule has 2 saturated heterocycles. The Balaban J connectivity index is 0.000000674. The second-order valence-electron chi connectivity index (χ2n) is 7.66. The van der Waals surface area contributed by atoms with E-state index in [0.29, 0.717) is 18.8 Å². The molecule has 3 amide bonds. The standard InChI is InChI=1S/C15H24N6O3.Na.H2O4S/c1-15(2,3)24-14(23)16-6-11-7-20(19-18-11)9-12-5-4-10-8-21(12)13(22)17-10;;1-5(2,3)4/h7,10,12H,4-6,8-9H2,1-3H3,(H2,16,17,22,23);;(H2,1,2,3,4)/q;+1;/p-2/t10-,12+;;/m1../s1. The summed E-state index contributed by atoms with van der Waals surface area (Å²) in [5, 5.41) is 14.9. The van der Waals surface area contributed by atoms with Crippen LogP contribution in [0.5, 0.6) is 0 Å². The number of amides is 3. The van der Waals surface area contributed by atoms with Gasteiger partial charge in [-0.25, -0.2) is 13.2 Å². The molecule has 30 heavy (non-hydrogen) atoms. The number of ether oxygens (including phenoxy) is 1. The van der Waals surface area contributed by atoms with Crippen LogP contribution in [-0.4, -0.2) is 73.8 Å². The molecule has 2 fully saturated rings. The fraction of sp³-hybridized carbons (Fsp3) is 0.733. The molecule has 0 saturated carbocycles. The quantitative estimate of drug-likeness (QED) is 0.285. The summed E-state index contributed by atoms with van der Waals surface area (Å²) in [4.78, 5) is 25.3. The molecule has 164 valence electrons. The molecule has 13 nitrogen and oxygen atoms in total. The first-order valence-electron chi connectivity index (χ1n) is 8.86. The number of piperidine rings is 1. The number of hydrogen-bond donors (Lipinski definition) is 2. The Bertz CT molecular complexity index is 833. The Morgan fingerprint density at radius 3 is 2.67 bits per heavy atom. The van der Waals surface area contributed by atoms with Gasteiger partial charge in [0.2, 0.25) is 10.4 Å². The van der Waals surface area contributed by atoms with Gasteiger partial charge in [0.1, 0.15) is 11.3 Å². The van der Waals surface area contributed by atoms with Crippen LogP contribution in [0.1, 0.15) is 39.3 Å². The number of urea groups is 1. The fourth-order valence-corrected chi connectivity index (χ4v) is 2.97. The Morgan fingerprint density at radius 2 is 2.07 bits per heavy atom. The van der Waals surface area contributed by atoms with Gasteiger partial charge in [-0.3, -0.25) is 14.0 Å². The molecule has 2 aliphatic rings. The van der Waals surface area contributed by atoms with E-state index in [4.69, 9.17) is 22.3 Å². The second-order valence-corrected chi connectivity index (χ2v) is 8.52.